The van der Waals surface area contributed by atoms with Crippen molar-refractivity contribution < 1.29 is 15.0 Å². The highest BCUT2D eigenvalue weighted by molar-refractivity contribution is 7.21. The van der Waals surface area contributed by atoms with Gasteiger partial charge < -0.3 is 10.2 Å². The molecule has 0 fully saturated rings. The molecule has 3 rings (SSSR count). The number of aromatic hydroxyl groups is 1. The minimum atomic E-state index is -0.852. The highest BCUT2D eigenvalue weighted by Crippen LogP contribution is 2.35. The number of aliphatic carboxylic acids is 1. The second-order valence-electron chi connectivity index (χ2n) is 4.41. The molecule has 0 saturated heterocycles. The Bertz CT molecular complexity index is 795. The Morgan fingerprint density at radius 3 is 2.75 bits per heavy atom. The van der Waals surface area contributed by atoms with Crippen molar-refractivity contribution in [2.75, 3.05) is 0 Å². The molecule has 0 saturated carbocycles. The molecule has 0 bridgehead atoms. The van der Waals surface area contributed by atoms with Crippen LogP contribution in [0, 0.1) is 0 Å². The van der Waals surface area contributed by atoms with E-state index in [-0.39, 0.29) is 12.2 Å². The number of hydrogen-bond donors (Lipinski definition) is 2. The number of carboxylic acid groups (broad SMARTS) is 1. The van der Waals surface area contributed by atoms with Crippen LogP contribution in [0.5, 0.6) is 5.75 Å². The van der Waals surface area contributed by atoms with Crippen LogP contribution in [0.4, 0.5) is 0 Å². The summed E-state index contributed by atoms with van der Waals surface area (Å²) in [5, 5.41) is 19.4. The quantitative estimate of drug-likeness (QED) is 0.774. The van der Waals surface area contributed by atoms with Gasteiger partial charge in [-0.25, -0.2) is 4.98 Å². The van der Waals surface area contributed by atoms with Crippen LogP contribution in [0.25, 0.3) is 20.8 Å². The van der Waals surface area contributed by atoms with Crippen LogP contribution in [0.1, 0.15) is 5.56 Å². The summed E-state index contributed by atoms with van der Waals surface area (Å²) in [5.41, 5.74) is 2.24. The van der Waals surface area contributed by atoms with Crippen molar-refractivity contribution in [1.29, 1.82) is 0 Å². The van der Waals surface area contributed by atoms with Gasteiger partial charge in [-0.15, -0.1) is 11.3 Å². The molecular formula is C15H11NO3S. The molecule has 1 aromatic heterocycles. The molecule has 100 valence electrons. The van der Waals surface area contributed by atoms with Gasteiger partial charge in [0, 0.05) is 0 Å². The van der Waals surface area contributed by atoms with Crippen LogP contribution < -0.4 is 0 Å². The number of para-hydroxylation sites is 1. The van der Waals surface area contributed by atoms with Crippen molar-refractivity contribution in [3.63, 3.8) is 0 Å². The molecule has 2 aromatic carbocycles. The maximum absolute atomic E-state index is 10.7. The number of nitrogens with zero attached hydrogens (tertiary/aromatic N) is 1. The van der Waals surface area contributed by atoms with Gasteiger partial charge in [-0.2, -0.15) is 0 Å². The minimum Gasteiger partial charge on any atom is -0.507 e. The Hall–Kier alpha value is -2.40. The number of phenols is 1. The maximum Gasteiger partial charge on any atom is 0.307 e. The SMILES string of the molecule is O=C(O)Cc1ccc2nc(-c3ccccc3O)sc2c1. The van der Waals surface area contributed by atoms with Crippen molar-refractivity contribution in [2.45, 2.75) is 6.42 Å². The van der Waals surface area contributed by atoms with Crippen molar-refractivity contribution >= 4 is 27.5 Å². The van der Waals surface area contributed by atoms with E-state index in [0.717, 1.165) is 20.8 Å². The zero-order valence-electron chi connectivity index (χ0n) is 10.4. The highest BCUT2D eigenvalue weighted by Gasteiger charge is 2.10. The van der Waals surface area contributed by atoms with Gasteiger partial charge in [-0.3, -0.25) is 4.79 Å². The van der Waals surface area contributed by atoms with Crippen LogP contribution in [0.3, 0.4) is 0 Å². The molecule has 2 N–H and O–H groups in total. The summed E-state index contributed by atoms with van der Waals surface area (Å²) < 4.78 is 0.919. The molecule has 0 radical (unpaired) electrons. The number of rotatable bonds is 3. The summed E-state index contributed by atoms with van der Waals surface area (Å²) in [6.07, 6.45) is -0.000238. The molecule has 0 atom stereocenters. The third kappa shape index (κ3) is 2.35. The fourth-order valence-electron chi connectivity index (χ4n) is 2.02. The third-order valence-electron chi connectivity index (χ3n) is 2.94. The summed E-state index contributed by atoms with van der Waals surface area (Å²) in [6.45, 7) is 0. The molecule has 0 aliphatic carbocycles. The van der Waals surface area contributed by atoms with E-state index in [0.29, 0.717) is 5.56 Å². The monoisotopic (exact) mass is 285 g/mol. The van der Waals surface area contributed by atoms with Gasteiger partial charge in [-0.1, -0.05) is 18.2 Å². The summed E-state index contributed by atoms with van der Waals surface area (Å²) in [7, 11) is 0. The Morgan fingerprint density at radius 2 is 2.00 bits per heavy atom. The lowest BCUT2D eigenvalue weighted by Crippen LogP contribution is -1.99. The lowest BCUT2D eigenvalue weighted by Gasteiger charge is -1.98. The normalized spacial score (nSPS) is 10.8. The number of thiazole rings is 1. The summed E-state index contributed by atoms with van der Waals surface area (Å²) in [4.78, 5) is 15.2. The number of phenolic OH excluding ortho intramolecular Hbond substituents is 1. The fraction of sp³-hybridized carbons (Fsp3) is 0.0667. The topological polar surface area (TPSA) is 70.4 Å². The minimum absolute atomic E-state index is 0.000238. The van der Waals surface area contributed by atoms with Crippen molar-refractivity contribution in [3.8, 4) is 16.3 Å². The number of benzene rings is 2. The van der Waals surface area contributed by atoms with E-state index in [1.54, 1.807) is 18.2 Å². The largest absolute Gasteiger partial charge is 0.507 e. The van der Waals surface area contributed by atoms with E-state index in [9.17, 15) is 9.90 Å². The molecule has 0 aliphatic rings. The van der Waals surface area contributed by atoms with Gasteiger partial charge in [0.25, 0.3) is 0 Å². The highest BCUT2D eigenvalue weighted by atomic mass is 32.1. The van der Waals surface area contributed by atoms with Gasteiger partial charge in [0.2, 0.25) is 0 Å². The van der Waals surface area contributed by atoms with E-state index >= 15 is 0 Å². The number of carbonyl (C=O) groups is 1. The first-order valence-corrected chi connectivity index (χ1v) is 6.85. The zero-order chi connectivity index (χ0) is 14.1. The second-order valence-corrected chi connectivity index (χ2v) is 5.44. The molecule has 5 heteroatoms. The molecule has 0 spiro atoms. The van der Waals surface area contributed by atoms with E-state index in [2.05, 4.69) is 4.98 Å². The molecule has 4 nitrogen and oxygen atoms in total. The standard InChI is InChI=1S/C15H11NO3S/c17-12-4-2-1-3-10(12)15-16-11-6-5-9(8-14(18)19)7-13(11)20-15/h1-7,17H,8H2,(H,18,19). The van der Waals surface area contributed by atoms with Gasteiger partial charge in [0.05, 0.1) is 22.2 Å². The molecule has 0 unspecified atom stereocenters. The molecular weight excluding hydrogens is 274 g/mol. The zero-order valence-corrected chi connectivity index (χ0v) is 11.2. The van der Waals surface area contributed by atoms with Crippen LogP contribution >= 0.6 is 11.3 Å². The first-order chi connectivity index (χ1) is 9.63. The maximum atomic E-state index is 10.7. The van der Waals surface area contributed by atoms with Crippen molar-refractivity contribution in [1.82, 2.24) is 4.98 Å². The number of fused-ring (bicyclic) bond motifs is 1. The summed E-state index contributed by atoms with van der Waals surface area (Å²) in [6, 6.07) is 12.5. The van der Waals surface area contributed by atoms with Crippen LogP contribution in [-0.2, 0) is 11.2 Å². The molecule has 1 heterocycles. The van der Waals surface area contributed by atoms with E-state index in [4.69, 9.17) is 5.11 Å². The smallest absolute Gasteiger partial charge is 0.307 e. The predicted octanol–water partition coefficient (Wildman–Crippen LogP) is 3.30. The van der Waals surface area contributed by atoms with Crippen molar-refractivity contribution in [3.05, 3.63) is 48.0 Å². The van der Waals surface area contributed by atoms with Gasteiger partial charge in [-0.05, 0) is 29.8 Å². The number of aromatic nitrogens is 1. The second kappa shape index (κ2) is 4.94. The van der Waals surface area contributed by atoms with E-state index < -0.39 is 5.97 Å². The Balaban J connectivity index is 2.07. The van der Waals surface area contributed by atoms with Crippen LogP contribution in [0.2, 0.25) is 0 Å². The lowest BCUT2D eigenvalue weighted by molar-refractivity contribution is -0.136. The molecule has 0 aliphatic heterocycles. The molecule has 20 heavy (non-hydrogen) atoms. The summed E-state index contributed by atoms with van der Waals surface area (Å²) in [5.74, 6) is -0.660. The van der Waals surface area contributed by atoms with Gasteiger partial charge >= 0.3 is 5.97 Å². The average Bonchev–Trinajstić information content (AvgIpc) is 2.81. The number of hydrogen-bond acceptors (Lipinski definition) is 4. The van der Waals surface area contributed by atoms with Crippen molar-refractivity contribution in [2.24, 2.45) is 0 Å². The lowest BCUT2D eigenvalue weighted by atomic mass is 10.1. The van der Waals surface area contributed by atoms with Crippen LogP contribution in [0.15, 0.2) is 42.5 Å². The van der Waals surface area contributed by atoms with Gasteiger partial charge in [0.15, 0.2) is 0 Å². The van der Waals surface area contributed by atoms with Crippen LogP contribution in [-0.4, -0.2) is 21.2 Å². The predicted molar refractivity (Wildman–Crippen MR) is 78.1 cm³/mol. The van der Waals surface area contributed by atoms with E-state index in [1.165, 1.54) is 11.3 Å². The first-order valence-electron chi connectivity index (χ1n) is 6.03. The average molecular weight is 285 g/mol. The Labute approximate surface area is 119 Å². The molecule has 3 aromatic rings. The third-order valence-corrected chi connectivity index (χ3v) is 3.99. The fourth-order valence-corrected chi connectivity index (χ4v) is 3.09. The Kier molecular flexibility index (Phi) is 3.12. The van der Waals surface area contributed by atoms with Gasteiger partial charge in [0.1, 0.15) is 10.8 Å². The molecule has 0 amide bonds. The first kappa shape index (κ1) is 12.6. The number of carboxylic acids is 1. The van der Waals surface area contributed by atoms with E-state index in [1.807, 2.05) is 24.3 Å². The summed E-state index contributed by atoms with van der Waals surface area (Å²) >= 11 is 1.44. The Morgan fingerprint density at radius 1 is 1.20 bits per heavy atom.